The standard InChI is InChI=1S/C36H54O4S/c1-5-6-7-8-9-10-11-12-13-14-15-16-17-18-19-20-29-41-32-25-21-30(22-26-32)33(37)27-23-31-24-28-34(38-2)36(40-4)35(31)39-3/h21-28H,5-20,29H2,1-4H3/b27-23+. The van der Waals surface area contributed by atoms with E-state index in [4.69, 9.17) is 14.2 Å². The lowest BCUT2D eigenvalue weighted by Crippen LogP contribution is -1.97. The van der Waals surface area contributed by atoms with E-state index in [0.717, 1.165) is 11.3 Å². The molecule has 0 aromatic heterocycles. The number of ketones is 1. The van der Waals surface area contributed by atoms with E-state index in [-0.39, 0.29) is 5.78 Å². The Balaban J connectivity index is 1.56. The van der Waals surface area contributed by atoms with Gasteiger partial charge in [0, 0.05) is 16.0 Å². The summed E-state index contributed by atoms with van der Waals surface area (Å²) in [5.74, 6) is 2.72. The number of rotatable bonds is 24. The van der Waals surface area contributed by atoms with E-state index in [0.29, 0.717) is 22.8 Å². The quantitative estimate of drug-likeness (QED) is 0.0533. The number of allylic oxidation sites excluding steroid dienone is 1. The molecule has 5 heteroatoms. The van der Waals surface area contributed by atoms with E-state index in [9.17, 15) is 4.79 Å². The van der Waals surface area contributed by atoms with Gasteiger partial charge >= 0.3 is 0 Å². The van der Waals surface area contributed by atoms with Crippen molar-refractivity contribution in [1.29, 1.82) is 0 Å². The van der Waals surface area contributed by atoms with Gasteiger partial charge in [-0.05, 0) is 60.7 Å². The molecular formula is C36H54O4S. The molecule has 0 fully saturated rings. The number of hydrogen-bond donors (Lipinski definition) is 0. The molecule has 0 N–H and O–H groups in total. The lowest BCUT2D eigenvalue weighted by Gasteiger charge is -2.13. The van der Waals surface area contributed by atoms with Crippen LogP contribution in [0.3, 0.4) is 0 Å². The fourth-order valence-electron chi connectivity index (χ4n) is 5.07. The van der Waals surface area contributed by atoms with Gasteiger partial charge in [-0.2, -0.15) is 0 Å². The summed E-state index contributed by atoms with van der Waals surface area (Å²) in [4.78, 5) is 14.0. The summed E-state index contributed by atoms with van der Waals surface area (Å²) in [6, 6.07) is 11.6. The minimum Gasteiger partial charge on any atom is -0.493 e. The molecule has 0 spiro atoms. The zero-order valence-corrected chi connectivity index (χ0v) is 27.0. The van der Waals surface area contributed by atoms with Crippen LogP contribution in [0.25, 0.3) is 6.08 Å². The van der Waals surface area contributed by atoms with Crippen LogP contribution >= 0.6 is 11.8 Å². The second-order valence-electron chi connectivity index (χ2n) is 10.8. The van der Waals surface area contributed by atoms with Gasteiger partial charge in [-0.15, -0.1) is 11.8 Å². The Morgan fingerprint density at radius 1 is 0.634 bits per heavy atom. The molecule has 0 unspecified atom stereocenters. The van der Waals surface area contributed by atoms with Crippen molar-refractivity contribution in [2.24, 2.45) is 0 Å². The van der Waals surface area contributed by atoms with Crippen molar-refractivity contribution in [3.05, 3.63) is 53.6 Å². The van der Waals surface area contributed by atoms with E-state index in [1.54, 1.807) is 39.5 Å². The van der Waals surface area contributed by atoms with Gasteiger partial charge in [0.15, 0.2) is 17.3 Å². The maximum Gasteiger partial charge on any atom is 0.203 e. The summed E-state index contributed by atoms with van der Waals surface area (Å²) in [5, 5.41) is 0. The average molecular weight is 583 g/mol. The van der Waals surface area contributed by atoms with Crippen LogP contribution in [0.5, 0.6) is 17.2 Å². The van der Waals surface area contributed by atoms with Gasteiger partial charge in [0.05, 0.1) is 21.3 Å². The van der Waals surface area contributed by atoms with E-state index >= 15 is 0 Å². The Morgan fingerprint density at radius 3 is 1.63 bits per heavy atom. The van der Waals surface area contributed by atoms with Gasteiger partial charge in [-0.25, -0.2) is 0 Å². The van der Waals surface area contributed by atoms with Crippen molar-refractivity contribution in [3.63, 3.8) is 0 Å². The van der Waals surface area contributed by atoms with E-state index in [1.807, 2.05) is 30.0 Å². The fourth-order valence-corrected chi connectivity index (χ4v) is 5.99. The molecular weight excluding hydrogens is 528 g/mol. The number of benzene rings is 2. The highest BCUT2D eigenvalue weighted by Crippen LogP contribution is 2.40. The first kappa shape index (κ1) is 34.8. The lowest BCUT2D eigenvalue weighted by molar-refractivity contribution is 0.104. The summed E-state index contributed by atoms with van der Waals surface area (Å²) in [5.41, 5.74) is 1.43. The molecule has 0 heterocycles. The van der Waals surface area contributed by atoms with Crippen molar-refractivity contribution >= 4 is 23.6 Å². The predicted octanol–water partition coefficient (Wildman–Crippen LogP) is 11.0. The molecule has 0 saturated carbocycles. The summed E-state index contributed by atoms with van der Waals surface area (Å²) in [6.07, 6.45) is 25.7. The van der Waals surface area contributed by atoms with Crippen LogP contribution in [0.15, 0.2) is 47.4 Å². The van der Waals surface area contributed by atoms with Crippen molar-refractivity contribution in [1.82, 2.24) is 0 Å². The molecule has 41 heavy (non-hydrogen) atoms. The molecule has 2 aromatic carbocycles. The maximum absolute atomic E-state index is 12.7. The molecule has 0 atom stereocenters. The molecule has 228 valence electrons. The van der Waals surface area contributed by atoms with Crippen molar-refractivity contribution in [2.75, 3.05) is 27.1 Å². The SMILES string of the molecule is CCCCCCCCCCCCCCCCCCSc1ccc(C(=O)/C=C/c2ccc(OC)c(OC)c2OC)cc1. The largest absolute Gasteiger partial charge is 0.493 e. The second kappa shape index (κ2) is 22.2. The maximum atomic E-state index is 12.7. The molecule has 0 saturated heterocycles. The zero-order chi connectivity index (χ0) is 29.5. The number of carbonyl (C=O) groups excluding carboxylic acids is 1. The van der Waals surface area contributed by atoms with E-state index in [1.165, 1.54) is 108 Å². The molecule has 2 aromatic rings. The zero-order valence-electron chi connectivity index (χ0n) is 26.2. The number of hydrogen-bond acceptors (Lipinski definition) is 5. The van der Waals surface area contributed by atoms with Crippen LogP contribution in [0.2, 0.25) is 0 Å². The third-order valence-corrected chi connectivity index (χ3v) is 8.65. The minimum absolute atomic E-state index is 0.0452. The monoisotopic (exact) mass is 582 g/mol. The smallest absolute Gasteiger partial charge is 0.203 e. The van der Waals surface area contributed by atoms with Gasteiger partial charge in [0.25, 0.3) is 0 Å². The average Bonchev–Trinajstić information content (AvgIpc) is 3.01. The van der Waals surface area contributed by atoms with Crippen LogP contribution in [0, 0.1) is 0 Å². The number of carbonyl (C=O) groups is 1. The number of ether oxygens (including phenoxy) is 3. The molecule has 0 aliphatic heterocycles. The topological polar surface area (TPSA) is 44.8 Å². The van der Waals surface area contributed by atoms with Crippen LogP contribution in [-0.2, 0) is 0 Å². The second-order valence-corrected chi connectivity index (χ2v) is 12.0. The molecule has 4 nitrogen and oxygen atoms in total. The Kier molecular flexibility index (Phi) is 18.9. The predicted molar refractivity (Wildman–Crippen MR) is 176 cm³/mol. The Morgan fingerprint density at radius 2 is 1.15 bits per heavy atom. The van der Waals surface area contributed by atoms with Crippen LogP contribution in [0.4, 0.5) is 0 Å². The molecule has 0 bridgehead atoms. The molecule has 2 rings (SSSR count). The summed E-state index contributed by atoms with van der Waals surface area (Å²) < 4.78 is 16.3. The lowest BCUT2D eigenvalue weighted by atomic mass is 10.0. The molecule has 0 radical (unpaired) electrons. The highest BCUT2D eigenvalue weighted by atomic mass is 32.2. The first-order valence-electron chi connectivity index (χ1n) is 15.9. The highest BCUT2D eigenvalue weighted by molar-refractivity contribution is 7.99. The van der Waals surface area contributed by atoms with Crippen molar-refractivity contribution in [3.8, 4) is 17.2 Å². The highest BCUT2D eigenvalue weighted by Gasteiger charge is 2.14. The first-order chi connectivity index (χ1) is 20.1. The van der Waals surface area contributed by atoms with E-state index in [2.05, 4.69) is 19.1 Å². The molecule has 0 amide bonds. The van der Waals surface area contributed by atoms with Gasteiger partial charge in [-0.1, -0.05) is 103 Å². The number of unbranched alkanes of at least 4 members (excludes halogenated alkanes) is 15. The third-order valence-electron chi connectivity index (χ3n) is 7.55. The van der Waals surface area contributed by atoms with Gasteiger partial charge in [0.2, 0.25) is 5.75 Å². The van der Waals surface area contributed by atoms with Crippen LogP contribution < -0.4 is 14.2 Å². The Hall–Kier alpha value is -2.40. The first-order valence-corrected chi connectivity index (χ1v) is 16.9. The molecule has 0 aliphatic rings. The Bertz CT molecular complexity index is 999. The summed E-state index contributed by atoms with van der Waals surface area (Å²) in [6.45, 7) is 2.29. The summed E-state index contributed by atoms with van der Waals surface area (Å²) in [7, 11) is 4.73. The number of methoxy groups -OCH3 is 3. The molecule has 0 aliphatic carbocycles. The van der Waals surface area contributed by atoms with Crippen molar-refractivity contribution in [2.45, 2.75) is 115 Å². The van der Waals surface area contributed by atoms with Crippen LogP contribution in [-0.4, -0.2) is 32.9 Å². The fraction of sp³-hybridized carbons (Fsp3) is 0.583. The number of thioether (sulfide) groups is 1. The van der Waals surface area contributed by atoms with Gasteiger partial charge in [-0.3, -0.25) is 4.79 Å². The van der Waals surface area contributed by atoms with Crippen LogP contribution in [0.1, 0.15) is 126 Å². The van der Waals surface area contributed by atoms with Gasteiger partial charge in [0.1, 0.15) is 0 Å². The van der Waals surface area contributed by atoms with E-state index < -0.39 is 0 Å². The third kappa shape index (κ3) is 13.9. The van der Waals surface area contributed by atoms with Gasteiger partial charge < -0.3 is 14.2 Å². The normalized spacial score (nSPS) is 11.2. The summed E-state index contributed by atoms with van der Waals surface area (Å²) >= 11 is 1.88. The van der Waals surface area contributed by atoms with Crippen molar-refractivity contribution < 1.29 is 19.0 Å². The minimum atomic E-state index is -0.0452. The Labute approximate surface area is 254 Å².